The van der Waals surface area contributed by atoms with Crippen LogP contribution in [0.5, 0.6) is 0 Å². The molecule has 140 valence electrons. The van der Waals surface area contributed by atoms with E-state index >= 15 is 0 Å². The topological polar surface area (TPSA) is 43.9 Å². The molecule has 2 aromatic rings. The number of hydrogen-bond donors (Lipinski definition) is 0. The monoisotopic (exact) mass is 363 g/mol. The van der Waals surface area contributed by atoms with Crippen molar-refractivity contribution < 1.29 is 9.59 Å². The largest absolute Gasteiger partial charge is 0.368 e. The highest BCUT2D eigenvalue weighted by Crippen LogP contribution is 2.28. The number of carbonyl (C=O) groups is 2. The van der Waals surface area contributed by atoms with Gasteiger partial charge in [-0.1, -0.05) is 30.3 Å². The molecule has 0 unspecified atom stereocenters. The van der Waals surface area contributed by atoms with Crippen LogP contribution in [0.3, 0.4) is 0 Å². The Hall–Kier alpha value is -2.82. The van der Waals surface area contributed by atoms with Gasteiger partial charge in [0, 0.05) is 44.1 Å². The average molecular weight is 363 g/mol. The van der Waals surface area contributed by atoms with Crippen molar-refractivity contribution in [1.29, 1.82) is 0 Å². The maximum Gasteiger partial charge on any atom is 0.316 e. The maximum atomic E-state index is 12.8. The van der Waals surface area contributed by atoms with E-state index in [-0.39, 0.29) is 5.91 Å². The van der Waals surface area contributed by atoms with Crippen LogP contribution in [0.15, 0.2) is 42.5 Å². The lowest BCUT2D eigenvalue weighted by Gasteiger charge is -2.37. The molecule has 2 amide bonds. The van der Waals surface area contributed by atoms with Crippen molar-refractivity contribution in [3.8, 4) is 0 Å². The van der Waals surface area contributed by atoms with Crippen LogP contribution in [-0.2, 0) is 16.0 Å². The number of nitrogens with zero attached hydrogens (tertiary/aromatic N) is 3. The van der Waals surface area contributed by atoms with Crippen molar-refractivity contribution in [1.82, 2.24) is 4.90 Å². The number of para-hydroxylation sites is 1. The molecule has 5 nitrogen and oxygen atoms in total. The van der Waals surface area contributed by atoms with E-state index in [0.717, 1.165) is 30.8 Å². The highest BCUT2D eigenvalue weighted by Gasteiger charge is 2.33. The van der Waals surface area contributed by atoms with Crippen molar-refractivity contribution >= 4 is 23.2 Å². The second-order valence-corrected chi connectivity index (χ2v) is 7.33. The molecule has 2 heterocycles. The lowest BCUT2D eigenvalue weighted by molar-refractivity contribution is -0.144. The van der Waals surface area contributed by atoms with Gasteiger partial charge in [-0.2, -0.15) is 0 Å². The summed E-state index contributed by atoms with van der Waals surface area (Å²) in [5.41, 5.74) is 5.79. The smallest absolute Gasteiger partial charge is 0.316 e. The van der Waals surface area contributed by atoms with Gasteiger partial charge in [0.2, 0.25) is 0 Å². The van der Waals surface area contributed by atoms with Gasteiger partial charge in [-0.25, -0.2) is 0 Å². The predicted octanol–water partition coefficient (Wildman–Crippen LogP) is 2.54. The van der Waals surface area contributed by atoms with E-state index < -0.39 is 5.91 Å². The second kappa shape index (κ2) is 7.06. The number of rotatable bonds is 1. The zero-order chi connectivity index (χ0) is 19.0. The summed E-state index contributed by atoms with van der Waals surface area (Å²) in [6.45, 7) is 7.49. The first kappa shape index (κ1) is 17.6. The molecule has 0 N–H and O–H groups in total. The Kier molecular flexibility index (Phi) is 4.60. The number of piperazine rings is 1. The first-order valence-corrected chi connectivity index (χ1v) is 9.56. The number of fused-ring (bicyclic) bond motifs is 1. The van der Waals surface area contributed by atoms with Crippen molar-refractivity contribution in [2.75, 3.05) is 42.5 Å². The molecular formula is C22H25N3O2. The van der Waals surface area contributed by atoms with Crippen LogP contribution in [0.4, 0.5) is 11.4 Å². The summed E-state index contributed by atoms with van der Waals surface area (Å²) in [6.07, 6.45) is 0.815. The van der Waals surface area contributed by atoms with Crippen LogP contribution in [0.25, 0.3) is 0 Å². The number of benzene rings is 2. The molecule has 0 spiro atoms. The third-order valence-corrected chi connectivity index (χ3v) is 5.80. The Labute approximate surface area is 160 Å². The first-order valence-electron chi connectivity index (χ1n) is 9.56. The summed E-state index contributed by atoms with van der Waals surface area (Å²) < 4.78 is 0. The molecule has 1 saturated heterocycles. The van der Waals surface area contributed by atoms with E-state index in [1.165, 1.54) is 16.8 Å². The molecule has 0 radical (unpaired) electrons. The Morgan fingerprint density at radius 2 is 1.48 bits per heavy atom. The Morgan fingerprint density at radius 1 is 0.778 bits per heavy atom. The summed E-state index contributed by atoms with van der Waals surface area (Å²) in [5, 5.41) is 0. The zero-order valence-corrected chi connectivity index (χ0v) is 15.9. The molecular weight excluding hydrogens is 338 g/mol. The molecule has 0 aliphatic carbocycles. The Morgan fingerprint density at radius 3 is 2.26 bits per heavy atom. The number of anilines is 2. The van der Waals surface area contributed by atoms with Gasteiger partial charge >= 0.3 is 11.8 Å². The van der Waals surface area contributed by atoms with Gasteiger partial charge < -0.3 is 14.7 Å². The third-order valence-electron chi connectivity index (χ3n) is 5.80. The van der Waals surface area contributed by atoms with Gasteiger partial charge in [0.1, 0.15) is 0 Å². The minimum Gasteiger partial charge on any atom is -0.368 e. The zero-order valence-electron chi connectivity index (χ0n) is 15.9. The van der Waals surface area contributed by atoms with Crippen molar-refractivity contribution in [2.45, 2.75) is 20.3 Å². The molecule has 0 saturated carbocycles. The summed E-state index contributed by atoms with van der Waals surface area (Å²) in [4.78, 5) is 31.2. The highest BCUT2D eigenvalue weighted by atomic mass is 16.2. The predicted molar refractivity (Wildman–Crippen MR) is 107 cm³/mol. The molecule has 2 aromatic carbocycles. The first-order chi connectivity index (χ1) is 13.1. The highest BCUT2D eigenvalue weighted by molar-refractivity contribution is 6.40. The molecule has 0 bridgehead atoms. The van der Waals surface area contributed by atoms with Crippen LogP contribution in [0.2, 0.25) is 0 Å². The van der Waals surface area contributed by atoms with E-state index in [0.29, 0.717) is 19.6 Å². The minimum absolute atomic E-state index is 0.382. The summed E-state index contributed by atoms with van der Waals surface area (Å²) in [5.74, 6) is -0.785. The van der Waals surface area contributed by atoms with Gasteiger partial charge in [-0.15, -0.1) is 0 Å². The fraction of sp³-hybridized carbons (Fsp3) is 0.364. The lowest BCUT2D eigenvalue weighted by atomic mass is 10.1. The molecule has 2 aliphatic heterocycles. The number of carbonyl (C=O) groups excluding carboxylic acids is 2. The molecule has 5 heteroatoms. The van der Waals surface area contributed by atoms with E-state index in [4.69, 9.17) is 0 Å². The molecule has 1 fully saturated rings. The van der Waals surface area contributed by atoms with Crippen LogP contribution in [0.1, 0.15) is 16.7 Å². The lowest BCUT2D eigenvalue weighted by Crippen LogP contribution is -2.53. The van der Waals surface area contributed by atoms with Gasteiger partial charge in [0.25, 0.3) is 0 Å². The van der Waals surface area contributed by atoms with Crippen LogP contribution < -0.4 is 9.80 Å². The fourth-order valence-electron chi connectivity index (χ4n) is 4.03. The average Bonchev–Trinajstić information content (AvgIpc) is 3.13. The SMILES string of the molecule is Cc1cccc(N2CCN(C(=O)C(=O)N3CCc4ccccc43)CC2)c1C. The summed E-state index contributed by atoms with van der Waals surface area (Å²) >= 11 is 0. The Balaban J connectivity index is 1.42. The molecule has 0 aromatic heterocycles. The van der Waals surface area contributed by atoms with E-state index in [1.54, 1.807) is 9.80 Å². The van der Waals surface area contributed by atoms with Crippen LogP contribution in [0, 0.1) is 13.8 Å². The fourth-order valence-corrected chi connectivity index (χ4v) is 4.03. The third kappa shape index (κ3) is 3.18. The second-order valence-electron chi connectivity index (χ2n) is 7.33. The van der Waals surface area contributed by atoms with Crippen molar-refractivity contribution in [3.63, 3.8) is 0 Å². The van der Waals surface area contributed by atoms with E-state index in [1.807, 2.05) is 24.3 Å². The molecule has 4 rings (SSSR count). The van der Waals surface area contributed by atoms with E-state index in [2.05, 4.69) is 36.9 Å². The minimum atomic E-state index is -0.403. The molecule has 27 heavy (non-hydrogen) atoms. The summed E-state index contributed by atoms with van der Waals surface area (Å²) in [6, 6.07) is 14.2. The van der Waals surface area contributed by atoms with Crippen molar-refractivity contribution in [2.24, 2.45) is 0 Å². The van der Waals surface area contributed by atoms with Crippen LogP contribution in [-0.4, -0.2) is 49.4 Å². The number of aryl methyl sites for hydroxylation is 1. The normalized spacial score (nSPS) is 16.4. The van der Waals surface area contributed by atoms with Gasteiger partial charge in [0.15, 0.2) is 0 Å². The van der Waals surface area contributed by atoms with Crippen LogP contribution >= 0.6 is 0 Å². The standard InChI is InChI=1S/C22H25N3O2/c1-16-6-5-9-19(17(16)2)23-12-14-24(15-13-23)21(26)22(27)25-11-10-18-7-3-4-8-20(18)25/h3-9H,10-15H2,1-2H3. The van der Waals surface area contributed by atoms with E-state index in [9.17, 15) is 9.59 Å². The maximum absolute atomic E-state index is 12.8. The van der Waals surface area contributed by atoms with Gasteiger partial charge in [-0.3, -0.25) is 9.59 Å². The Bertz CT molecular complexity index is 885. The number of amides is 2. The summed E-state index contributed by atoms with van der Waals surface area (Å²) in [7, 11) is 0. The molecule has 0 atom stereocenters. The van der Waals surface area contributed by atoms with Crippen molar-refractivity contribution in [3.05, 3.63) is 59.2 Å². The quantitative estimate of drug-likeness (QED) is 0.732. The van der Waals surface area contributed by atoms with Gasteiger partial charge in [-0.05, 0) is 49.1 Å². The molecule has 2 aliphatic rings. The number of hydrogen-bond acceptors (Lipinski definition) is 3. The van der Waals surface area contributed by atoms with Gasteiger partial charge in [0.05, 0.1) is 0 Å².